The largest absolute Gasteiger partial charge is 0.467 e. The van der Waals surface area contributed by atoms with Crippen molar-refractivity contribution in [3.8, 4) is 11.1 Å². The molecule has 0 saturated heterocycles. The van der Waals surface area contributed by atoms with E-state index in [1.54, 1.807) is 6.26 Å². The highest BCUT2D eigenvalue weighted by Crippen LogP contribution is 2.26. The Bertz CT molecular complexity index is 471. The van der Waals surface area contributed by atoms with Gasteiger partial charge in [-0.25, -0.2) is 0 Å². The molecule has 0 bridgehead atoms. The normalized spacial score (nSPS) is 10.6. The molecule has 2 rings (SSSR count). The topological polar surface area (TPSA) is 39.2 Å². The van der Waals surface area contributed by atoms with Crippen LogP contribution in [0.5, 0.6) is 0 Å². The monoisotopic (exact) mass is 201 g/mol. The van der Waals surface area contributed by atoms with Gasteiger partial charge in [0.05, 0.1) is 12.8 Å². The van der Waals surface area contributed by atoms with Crippen LogP contribution in [0.4, 0.5) is 0 Å². The van der Waals surface area contributed by atoms with Gasteiger partial charge in [-0.1, -0.05) is 18.2 Å². The maximum Gasteiger partial charge on any atom is 0.125 e. The van der Waals surface area contributed by atoms with Gasteiger partial charge in [0, 0.05) is 5.56 Å². The lowest BCUT2D eigenvalue weighted by atomic mass is 10.0. The first-order valence-corrected chi connectivity index (χ1v) is 5.06. The summed E-state index contributed by atoms with van der Waals surface area (Å²) < 4.78 is 5.31. The van der Waals surface area contributed by atoms with Crippen LogP contribution in [0.3, 0.4) is 0 Å². The van der Waals surface area contributed by atoms with E-state index < -0.39 is 0 Å². The van der Waals surface area contributed by atoms with Crippen LogP contribution in [0.1, 0.15) is 16.9 Å². The molecule has 15 heavy (non-hydrogen) atoms. The average Bonchev–Trinajstić information content (AvgIpc) is 2.70. The predicted molar refractivity (Wildman–Crippen MR) is 61.5 cm³/mol. The summed E-state index contributed by atoms with van der Waals surface area (Å²) in [5.74, 6) is 0.846. The van der Waals surface area contributed by atoms with Gasteiger partial charge in [0.25, 0.3) is 0 Å². The van der Waals surface area contributed by atoms with E-state index in [-0.39, 0.29) is 0 Å². The van der Waals surface area contributed by atoms with Crippen LogP contribution in [0.15, 0.2) is 34.9 Å². The molecule has 78 valence electrons. The molecule has 2 aromatic rings. The first kappa shape index (κ1) is 9.99. The summed E-state index contributed by atoms with van der Waals surface area (Å²) in [7, 11) is 0. The second kappa shape index (κ2) is 3.91. The van der Waals surface area contributed by atoms with E-state index >= 15 is 0 Å². The molecular weight excluding hydrogens is 186 g/mol. The van der Waals surface area contributed by atoms with E-state index in [2.05, 4.69) is 32.0 Å². The molecule has 1 aromatic heterocycles. The molecule has 2 heteroatoms. The van der Waals surface area contributed by atoms with E-state index in [1.807, 2.05) is 6.07 Å². The number of aryl methyl sites for hydroxylation is 2. The number of rotatable bonds is 2. The molecule has 0 amide bonds. The van der Waals surface area contributed by atoms with Crippen molar-refractivity contribution in [3.63, 3.8) is 0 Å². The SMILES string of the molecule is Cc1ccc(-c2ccoc2CN)cc1C. The first-order valence-electron chi connectivity index (χ1n) is 5.06. The zero-order valence-electron chi connectivity index (χ0n) is 9.08. The number of nitrogens with two attached hydrogens (primary N) is 1. The third kappa shape index (κ3) is 1.81. The summed E-state index contributed by atoms with van der Waals surface area (Å²) in [6.45, 7) is 4.66. The first-order chi connectivity index (χ1) is 7.22. The smallest absolute Gasteiger partial charge is 0.125 e. The van der Waals surface area contributed by atoms with Crippen molar-refractivity contribution in [2.45, 2.75) is 20.4 Å². The summed E-state index contributed by atoms with van der Waals surface area (Å²) in [5.41, 5.74) is 10.5. The van der Waals surface area contributed by atoms with Crippen LogP contribution in [0.2, 0.25) is 0 Å². The Hall–Kier alpha value is -1.54. The van der Waals surface area contributed by atoms with Gasteiger partial charge in [-0.3, -0.25) is 0 Å². The summed E-state index contributed by atoms with van der Waals surface area (Å²) in [5, 5.41) is 0. The Balaban J connectivity index is 2.50. The van der Waals surface area contributed by atoms with Gasteiger partial charge in [0.1, 0.15) is 5.76 Å². The predicted octanol–water partition coefficient (Wildman–Crippen LogP) is 3.02. The lowest BCUT2D eigenvalue weighted by Crippen LogP contribution is -1.96. The van der Waals surface area contributed by atoms with Crippen LogP contribution in [-0.2, 0) is 6.54 Å². The Kier molecular flexibility index (Phi) is 2.60. The lowest BCUT2D eigenvalue weighted by molar-refractivity contribution is 0.513. The third-order valence-corrected chi connectivity index (χ3v) is 2.75. The molecule has 1 heterocycles. The molecule has 2 nitrogen and oxygen atoms in total. The molecule has 0 unspecified atom stereocenters. The van der Waals surface area contributed by atoms with Gasteiger partial charge < -0.3 is 10.2 Å². The van der Waals surface area contributed by atoms with Crippen molar-refractivity contribution in [2.75, 3.05) is 0 Å². The van der Waals surface area contributed by atoms with Crippen molar-refractivity contribution in [2.24, 2.45) is 5.73 Å². The fourth-order valence-corrected chi connectivity index (χ4v) is 1.66. The van der Waals surface area contributed by atoms with E-state index in [9.17, 15) is 0 Å². The standard InChI is InChI=1S/C13H15NO/c1-9-3-4-11(7-10(9)2)12-5-6-15-13(12)8-14/h3-7H,8,14H2,1-2H3. The van der Waals surface area contributed by atoms with Crippen LogP contribution >= 0.6 is 0 Å². The molecule has 0 aliphatic heterocycles. The van der Waals surface area contributed by atoms with Gasteiger partial charge in [0.2, 0.25) is 0 Å². The minimum Gasteiger partial charge on any atom is -0.467 e. The molecule has 0 saturated carbocycles. The van der Waals surface area contributed by atoms with Crippen LogP contribution in [-0.4, -0.2) is 0 Å². The maximum atomic E-state index is 5.61. The molecule has 0 aliphatic rings. The Morgan fingerprint density at radius 2 is 1.93 bits per heavy atom. The Labute approximate surface area is 89.7 Å². The van der Waals surface area contributed by atoms with Gasteiger partial charge in [-0.05, 0) is 36.6 Å². The summed E-state index contributed by atoms with van der Waals surface area (Å²) >= 11 is 0. The molecule has 0 spiro atoms. The van der Waals surface area contributed by atoms with Crippen LogP contribution in [0, 0.1) is 13.8 Å². The third-order valence-electron chi connectivity index (χ3n) is 2.75. The molecular formula is C13H15NO. The highest BCUT2D eigenvalue weighted by molar-refractivity contribution is 5.66. The van der Waals surface area contributed by atoms with Gasteiger partial charge >= 0.3 is 0 Å². The Morgan fingerprint density at radius 3 is 2.60 bits per heavy atom. The number of benzene rings is 1. The van der Waals surface area contributed by atoms with E-state index in [4.69, 9.17) is 10.2 Å². The molecule has 0 aliphatic carbocycles. The number of hydrogen-bond acceptors (Lipinski definition) is 2. The summed E-state index contributed by atoms with van der Waals surface area (Å²) in [4.78, 5) is 0. The lowest BCUT2D eigenvalue weighted by Gasteiger charge is -2.04. The minimum absolute atomic E-state index is 0.440. The molecule has 0 fully saturated rings. The molecule has 1 aromatic carbocycles. The van der Waals surface area contributed by atoms with Crippen molar-refractivity contribution in [1.82, 2.24) is 0 Å². The quantitative estimate of drug-likeness (QED) is 0.811. The highest BCUT2D eigenvalue weighted by atomic mass is 16.3. The molecule has 0 atom stereocenters. The van der Waals surface area contributed by atoms with Crippen molar-refractivity contribution in [1.29, 1.82) is 0 Å². The van der Waals surface area contributed by atoms with E-state index in [0.29, 0.717) is 6.54 Å². The maximum absolute atomic E-state index is 5.61. The van der Waals surface area contributed by atoms with Gasteiger partial charge in [-0.2, -0.15) is 0 Å². The molecule has 2 N–H and O–H groups in total. The number of hydrogen-bond donors (Lipinski definition) is 1. The second-order valence-corrected chi connectivity index (χ2v) is 3.76. The zero-order valence-corrected chi connectivity index (χ0v) is 9.08. The minimum atomic E-state index is 0.440. The summed E-state index contributed by atoms with van der Waals surface area (Å²) in [6, 6.07) is 8.36. The van der Waals surface area contributed by atoms with Gasteiger partial charge in [0.15, 0.2) is 0 Å². The average molecular weight is 201 g/mol. The second-order valence-electron chi connectivity index (χ2n) is 3.76. The fraction of sp³-hybridized carbons (Fsp3) is 0.231. The number of furan rings is 1. The highest BCUT2D eigenvalue weighted by Gasteiger charge is 2.07. The van der Waals surface area contributed by atoms with Crippen LogP contribution < -0.4 is 5.73 Å². The van der Waals surface area contributed by atoms with Crippen LogP contribution in [0.25, 0.3) is 11.1 Å². The van der Waals surface area contributed by atoms with Gasteiger partial charge in [-0.15, -0.1) is 0 Å². The zero-order chi connectivity index (χ0) is 10.8. The Morgan fingerprint density at radius 1 is 1.13 bits per heavy atom. The van der Waals surface area contributed by atoms with E-state index in [0.717, 1.165) is 11.3 Å². The van der Waals surface area contributed by atoms with Crippen molar-refractivity contribution >= 4 is 0 Å². The van der Waals surface area contributed by atoms with Crippen molar-refractivity contribution in [3.05, 3.63) is 47.4 Å². The van der Waals surface area contributed by atoms with Crippen molar-refractivity contribution < 1.29 is 4.42 Å². The summed E-state index contributed by atoms with van der Waals surface area (Å²) in [6.07, 6.45) is 1.69. The fourth-order valence-electron chi connectivity index (χ4n) is 1.66. The molecule has 0 radical (unpaired) electrons. The van der Waals surface area contributed by atoms with E-state index in [1.165, 1.54) is 16.7 Å².